The van der Waals surface area contributed by atoms with E-state index in [1.54, 1.807) is 6.07 Å². The lowest BCUT2D eigenvalue weighted by Gasteiger charge is -2.21. The van der Waals surface area contributed by atoms with E-state index in [-0.39, 0.29) is 12.0 Å². The van der Waals surface area contributed by atoms with Crippen molar-refractivity contribution >= 4 is 11.6 Å². The number of anilines is 1. The smallest absolute Gasteiger partial charge is 0.328 e. The maximum Gasteiger partial charge on any atom is 0.328 e. The Labute approximate surface area is 139 Å². The minimum Gasteiger partial charge on any atom is -0.495 e. The predicted octanol–water partition coefficient (Wildman–Crippen LogP) is 1.48. The van der Waals surface area contributed by atoms with Crippen molar-refractivity contribution in [1.82, 2.24) is 9.55 Å². The number of methoxy groups -OCH3 is 1. The molecule has 1 amide bonds. The van der Waals surface area contributed by atoms with Gasteiger partial charge in [-0.05, 0) is 23.1 Å². The van der Waals surface area contributed by atoms with Crippen LogP contribution in [0.15, 0.2) is 40.1 Å². The number of nitrogens with one attached hydrogen (secondary N) is 2. The fourth-order valence-electron chi connectivity index (χ4n) is 2.19. The number of benzene rings is 1. The lowest BCUT2D eigenvalue weighted by atomic mass is 9.87. The number of hydrogen-bond donors (Lipinski definition) is 2. The molecule has 2 aromatic rings. The van der Waals surface area contributed by atoms with Crippen molar-refractivity contribution in [1.29, 1.82) is 0 Å². The lowest BCUT2D eigenvalue weighted by molar-refractivity contribution is -0.116. The van der Waals surface area contributed by atoms with E-state index >= 15 is 0 Å². The number of rotatable bonds is 4. The van der Waals surface area contributed by atoms with E-state index < -0.39 is 17.2 Å². The molecule has 0 saturated carbocycles. The van der Waals surface area contributed by atoms with Crippen LogP contribution in [0.2, 0.25) is 0 Å². The van der Waals surface area contributed by atoms with Gasteiger partial charge >= 0.3 is 5.69 Å². The van der Waals surface area contributed by atoms with Crippen LogP contribution in [-0.2, 0) is 16.8 Å². The number of carbonyl (C=O) groups is 1. The summed E-state index contributed by atoms with van der Waals surface area (Å²) in [6.45, 7) is 6.00. The van der Waals surface area contributed by atoms with Gasteiger partial charge in [-0.1, -0.05) is 26.8 Å². The quantitative estimate of drug-likeness (QED) is 0.887. The molecule has 7 heteroatoms. The maximum absolute atomic E-state index is 12.2. The topological polar surface area (TPSA) is 93.2 Å². The standard InChI is InChI=1S/C17H21N3O4/c1-17(2,3)11-5-6-13(24-4)12(9-11)18-15(22)10-20-8-7-14(21)19-16(20)23/h5-9H,10H2,1-4H3,(H,18,22)(H,19,21,23). The van der Waals surface area contributed by atoms with E-state index in [0.29, 0.717) is 11.4 Å². The molecule has 0 unspecified atom stereocenters. The van der Waals surface area contributed by atoms with Crippen molar-refractivity contribution < 1.29 is 9.53 Å². The molecular formula is C17H21N3O4. The minimum atomic E-state index is -0.631. The minimum absolute atomic E-state index is 0.0817. The number of nitrogens with zero attached hydrogens (tertiary/aromatic N) is 1. The highest BCUT2D eigenvalue weighted by molar-refractivity contribution is 5.92. The summed E-state index contributed by atoms with van der Waals surface area (Å²) in [4.78, 5) is 37.0. The first kappa shape index (κ1) is 17.5. The molecule has 24 heavy (non-hydrogen) atoms. The van der Waals surface area contributed by atoms with Crippen LogP contribution in [0.5, 0.6) is 5.75 Å². The zero-order valence-corrected chi connectivity index (χ0v) is 14.2. The first-order valence-electron chi connectivity index (χ1n) is 7.49. The molecule has 0 atom stereocenters. The van der Waals surface area contributed by atoms with Crippen molar-refractivity contribution in [3.63, 3.8) is 0 Å². The molecule has 128 valence electrons. The lowest BCUT2D eigenvalue weighted by Crippen LogP contribution is -2.32. The Hall–Kier alpha value is -2.83. The maximum atomic E-state index is 12.2. The molecule has 0 saturated heterocycles. The molecule has 0 fully saturated rings. The van der Waals surface area contributed by atoms with E-state index in [4.69, 9.17) is 4.74 Å². The molecule has 0 spiro atoms. The predicted molar refractivity (Wildman–Crippen MR) is 91.6 cm³/mol. The highest BCUT2D eigenvalue weighted by atomic mass is 16.5. The molecule has 2 rings (SSSR count). The van der Waals surface area contributed by atoms with Gasteiger partial charge in [0.25, 0.3) is 5.56 Å². The van der Waals surface area contributed by atoms with Gasteiger partial charge in [0.1, 0.15) is 12.3 Å². The highest BCUT2D eigenvalue weighted by Gasteiger charge is 2.17. The van der Waals surface area contributed by atoms with E-state index in [2.05, 4.69) is 31.1 Å². The first-order chi connectivity index (χ1) is 11.2. The Kier molecular flexibility index (Phi) is 4.92. The van der Waals surface area contributed by atoms with Gasteiger partial charge in [-0.25, -0.2) is 4.79 Å². The van der Waals surface area contributed by atoms with Crippen molar-refractivity contribution in [3.8, 4) is 5.75 Å². The van der Waals surface area contributed by atoms with Crippen LogP contribution >= 0.6 is 0 Å². The van der Waals surface area contributed by atoms with Crippen LogP contribution in [0.3, 0.4) is 0 Å². The highest BCUT2D eigenvalue weighted by Crippen LogP contribution is 2.31. The third kappa shape index (κ3) is 4.13. The summed E-state index contributed by atoms with van der Waals surface area (Å²) in [5.74, 6) is 0.138. The summed E-state index contributed by atoms with van der Waals surface area (Å²) in [7, 11) is 1.52. The molecule has 0 aliphatic heterocycles. The number of H-pyrrole nitrogens is 1. The summed E-state index contributed by atoms with van der Waals surface area (Å²) >= 11 is 0. The third-order valence-electron chi connectivity index (χ3n) is 3.55. The van der Waals surface area contributed by atoms with Crippen molar-refractivity contribution in [2.24, 2.45) is 0 Å². The van der Waals surface area contributed by atoms with Gasteiger partial charge in [0, 0.05) is 12.3 Å². The molecule has 2 N–H and O–H groups in total. The Morgan fingerprint density at radius 2 is 1.96 bits per heavy atom. The Morgan fingerprint density at radius 1 is 1.25 bits per heavy atom. The molecule has 0 radical (unpaired) electrons. The summed E-state index contributed by atoms with van der Waals surface area (Å²) in [6, 6.07) is 6.78. The van der Waals surface area contributed by atoms with Crippen LogP contribution in [0.1, 0.15) is 26.3 Å². The van der Waals surface area contributed by atoms with E-state index in [1.807, 2.05) is 12.1 Å². The van der Waals surface area contributed by atoms with Crippen LogP contribution in [0.25, 0.3) is 0 Å². The number of aromatic amines is 1. The third-order valence-corrected chi connectivity index (χ3v) is 3.55. The fourth-order valence-corrected chi connectivity index (χ4v) is 2.19. The van der Waals surface area contributed by atoms with E-state index in [9.17, 15) is 14.4 Å². The monoisotopic (exact) mass is 331 g/mol. The van der Waals surface area contributed by atoms with Crippen LogP contribution in [-0.4, -0.2) is 22.6 Å². The van der Waals surface area contributed by atoms with Gasteiger partial charge in [0.15, 0.2) is 0 Å². The second-order valence-corrected chi connectivity index (χ2v) is 6.45. The Balaban J connectivity index is 2.24. The van der Waals surface area contributed by atoms with Gasteiger partial charge in [-0.2, -0.15) is 0 Å². The van der Waals surface area contributed by atoms with Gasteiger partial charge in [0.05, 0.1) is 12.8 Å². The zero-order chi connectivity index (χ0) is 17.9. The summed E-state index contributed by atoms with van der Waals surface area (Å²) < 4.78 is 6.39. The average molecular weight is 331 g/mol. The van der Waals surface area contributed by atoms with Gasteiger partial charge in [-0.15, -0.1) is 0 Å². The summed E-state index contributed by atoms with van der Waals surface area (Å²) in [6.07, 6.45) is 1.28. The number of hydrogen-bond acceptors (Lipinski definition) is 4. The second kappa shape index (κ2) is 6.74. The van der Waals surface area contributed by atoms with Crippen LogP contribution < -0.4 is 21.3 Å². The molecule has 0 aliphatic rings. The van der Waals surface area contributed by atoms with Gasteiger partial charge in [-0.3, -0.25) is 19.1 Å². The van der Waals surface area contributed by atoms with Crippen LogP contribution in [0, 0.1) is 0 Å². The van der Waals surface area contributed by atoms with E-state index in [1.165, 1.54) is 19.4 Å². The molecule has 1 aromatic carbocycles. The van der Waals surface area contributed by atoms with Gasteiger partial charge in [0.2, 0.25) is 5.91 Å². The Morgan fingerprint density at radius 3 is 2.54 bits per heavy atom. The summed E-state index contributed by atoms with van der Waals surface area (Å²) in [5, 5.41) is 2.75. The van der Waals surface area contributed by atoms with Crippen molar-refractivity contribution in [2.75, 3.05) is 12.4 Å². The number of aromatic nitrogens is 2. The average Bonchev–Trinajstić information content (AvgIpc) is 2.49. The second-order valence-electron chi connectivity index (χ2n) is 6.45. The molecule has 0 aliphatic carbocycles. The van der Waals surface area contributed by atoms with Crippen molar-refractivity contribution in [2.45, 2.75) is 32.7 Å². The SMILES string of the molecule is COc1ccc(C(C)(C)C)cc1NC(=O)Cn1ccc(=O)[nH]c1=O. The normalized spacial score (nSPS) is 11.2. The molecule has 1 aromatic heterocycles. The number of carbonyl (C=O) groups excluding carboxylic acids is 1. The molecular weight excluding hydrogens is 310 g/mol. The molecule has 7 nitrogen and oxygen atoms in total. The first-order valence-corrected chi connectivity index (χ1v) is 7.49. The van der Waals surface area contributed by atoms with E-state index in [0.717, 1.165) is 10.1 Å². The summed E-state index contributed by atoms with van der Waals surface area (Å²) in [5.41, 5.74) is 0.359. The largest absolute Gasteiger partial charge is 0.495 e. The van der Waals surface area contributed by atoms with Gasteiger partial charge < -0.3 is 10.1 Å². The molecule has 1 heterocycles. The fraction of sp³-hybridized carbons (Fsp3) is 0.353. The number of ether oxygens (including phenoxy) is 1. The number of amides is 1. The van der Waals surface area contributed by atoms with Crippen LogP contribution in [0.4, 0.5) is 5.69 Å². The molecule has 0 bridgehead atoms. The van der Waals surface area contributed by atoms with Crippen molar-refractivity contribution in [3.05, 3.63) is 56.9 Å². The Bertz CT molecular complexity index is 859. The zero-order valence-electron chi connectivity index (χ0n) is 14.2.